The van der Waals surface area contributed by atoms with E-state index in [9.17, 15) is 5.11 Å². The van der Waals surface area contributed by atoms with Crippen molar-refractivity contribution in [2.75, 3.05) is 13.1 Å². The molecule has 0 saturated heterocycles. The Morgan fingerprint density at radius 3 is 2.94 bits per heavy atom. The summed E-state index contributed by atoms with van der Waals surface area (Å²) in [4.78, 5) is 6.50. The maximum absolute atomic E-state index is 9.85. The molecule has 0 spiro atoms. The molecule has 1 heterocycles. The molecule has 0 bridgehead atoms. The van der Waals surface area contributed by atoms with Crippen molar-refractivity contribution in [3.63, 3.8) is 0 Å². The molecular weight excluding hydrogens is 212 g/mol. The molecule has 0 aromatic carbocycles. The van der Waals surface area contributed by atoms with Crippen molar-refractivity contribution in [1.82, 2.24) is 9.88 Å². The molecule has 0 saturated carbocycles. The number of hydrogen-bond acceptors (Lipinski definition) is 3. The lowest BCUT2D eigenvalue weighted by molar-refractivity contribution is 0.105. The van der Waals surface area contributed by atoms with Crippen LogP contribution in [0.15, 0.2) is 37.1 Å². The van der Waals surface area contributed by atoms with Gasteiger partial charge in [-0.3, -0.25) is 9.88 Å². The number of hydrogen-bond donors (Lipinski definition) is 1. The Morgan fingerprint density at radius 2 is 2.35 bits per heavy atom. The first-order chi connectivity index (χ1) is 8.26. The third-order valence-electron chi connectivity index (χ3n) is 2.73. The Kier molecular flexibility index (Phi) is 6.51. The number of pyridine rings is 1. The third kappa shape index (κ3) is 5.61. The summed E-state index contributed by atoms with van der Waals surface area (Å²) in [7, 11) is 0. The van der Waals surface area contributed by atoms with Crippen LogP contribution in [-0.2, 0) is 6.54 Å². The van der Waals surface area contributed by atoms with Gasteiger partial charge in [-0.2, -0.15) is 0 Å². The fourth-order valence-corrected chi connectivity index (χ4v) is 1.73. The van der Waals surface area contributed by atoms with Gasteiger partial charge < -0.3 is 5.11 Å². The van der Waals surface area contributed by atoms with Crippen molar-refractivity contribution in [1.29, 1.82) is 0 Å². The molecule has 0 amide bonds. The summed E-state index contributed by atoms with van der Waals surface area (Å²) in [5, 5.41) is 9.85. The van der Waals surface area contributed by atoms with E-state index in [1.54, 1.807) is 6.20 Å². The van der Waals surface area contributed by atoms with Gasteiger partial charge >= 0.3 is 0 Å². The van der Waals surface area contributed by atoms with Gasteiger partial charge in [0.05, 0.1) is 11.8 Å². The molecular formula is C14H22N2O. The van der Waals surface area contributed by atoms with Crippen molar-refractivity contribution in [2.24, 2.45) is 0 Å². The van der Waals surface area contributed by atoms with Gasteiger partial charge in [-0.1, -0.05) is 19.1 Å². The molecule has 0 radical (unpaired) electrons. The number of likely N-dealkylation sites (N-methyl/N-ethyl adjacent to an activating group) is 1. The molecule has 0 fully saturated rings. The van der Waals surface area contributed by atoms with Gasteiger partial charge in [-0.15, -0.1) is 6.58 Å². The van der Waals surface area contributed by atoms with E-state index < -0.39 is 0 Å². The van der Waals surface area contributed by atoms with E-state index in [0.29, 0.717) is 6.54 Å². The quantitative estimate of drug-likeness (QED) is 0.701. The van der Waals surface area contributed by atoms with E-state index in [1.165, 1.54) is 0 Å². The lowest BCUT2D eigenvalue weighted by Crippen LogP contribution is -2.32. The Bertz CT molecular complexity index is 313. The van der Waals surface area contributed by atoms with Gasteiger partial charge in [0.1, 0.15) is 0 Å². The summed E-state index contributed by atoms with van der Waals surface area (Å²) in [6.45, 7) is 8.17. The number of rotatable bonds is 8. The van der Waals surface area contributed by atoms with Crippen molar-refractivity contribution in [3.05, 3.63) is 42.7 Å². The number of nitrogens with zero attached hydrogens (tertiary/aromatic N) is 2. The van der Waals surface area contributed by atoms with Crippen molar-refractivity contribution < 1.29 is 5.11 Å². The molecule has 0 aliphatic rings. The molecule has 1 unspecified atom stereocenters. The Hall–Kier alpha value is -1.19. The van der Waals surface area contributed by atoms with Crippen LogP contribution >= 0.6 is 0 Å². The lowest BCUT2D eigenvalue weighted by Gasteiger charge is -2.23. The monoisotopic (exact) mass is 234 g/mol. The number of allylic oxidation sites excluding steroid dienone is 1. The van der Waals surface area contributed by atoms with E-state index in [0.717, 1.165) is 31.6 Å². The first-order valence-electron chi connectivity index (χ1n) is 6.17. The highest BCUT2D eigenvalue weighted by Gasteiger charge is 2.10. The number of aliphatic hydroxyl groups excluding tert-OH is 1. The zero-order valence-corrected chi connectivity index (χ0v) is 10.5. The fraction of sp³-hybridized carbons (Fsp3) is 0.500. The van der Waals surface area contributed by atoms with Gasteiger partial charge in [0, 0.05) is 19.3 Å². The second-order valence-electron chi connectivity index (χ2n) is 4.17. The Labute approximate surface area is 104 Å². The first-order valence-corrected chi connectivity index (χ1v) is 6.17. The minimum atomic E-state index is -0.281. The summed E-state index contributed by atoms with van der Waals surface area (Å²) < 4.78 is 0. The summed E-state index contributed by atoms with van der Waals surface area (Å²) in [5.41, 5.74) is 1.05. The van der Waals surface area contributed by atoms with E-state index in [2.05, 4.69) is 23.4 Å². The van der Waals surface area contributed by atoms with Crippen LogP contribution in [0.25, 0.3) is 0 Å². The summed E-state index contributed by atoms with van der Waals surface area (Å²) in [5.74, 6) is 0. The third-order valence-corrected chi connectivity index (χ3v) is 2.73. The summed E-state index contributed by atoms with van der Waals surface area (Å²) in [6, 6.07) is 5.92. The average molecular weight is 234 g/mol. The predicted molar refractivity (Wildman–Crippen MR) is 70.6 cm³/mol. The maximum Gasteiger partial charge on any atom is 0.0670 e. The first kappa shape index (κ1) is 13.9. The van der Waals surface area contributed by atoms with Crippen LogP contribution in [0.2, 0.25) is 0 Å². The van der Waals surface area contributed by atoms with Gasteiger partial charge in [-0.25, -0.2) is 0 Å². The van der Waals surface area contributed by atoms with Gasteiger partial charge in [0.25, 0.3) is 0 Å². The molecule has 3 nitrogen and oxygen atoms in total. The second kappa shape index (κ2) is 7.98. The van der Waals surface area contributed by atoms with Crippen LogP contribution in [0.3, 0.4) is 0 Å². The Balaban J connectivity index is 2.40. The standard InChI is InChI=1S/C14H22N2O/c1-3-5-9-14(17)12-16(4-2)11-13-8-6-7-10-15-13/h3,6-8,10,14,17H,1,4-5,9,11-12H2,2H3. The number of aliphatic hydroxyl groups is 1. The smallest absolute Gasteiger partial charge is 0.0670 e. The molecule has 3 heteroatoms. The molecule has 1 aromatic heterocycles. The van der Waals surface area contributed by atoms with Gasteiger partial charge in [0.2, 0.25) is 0 Å². The lowest BCUT2D eigenvalue weighted by atomic mass is 10.2. The summed E-state index contributed by atoms with van der Waals surface area (Å²) >= 11 is 0. The zero-order valence-electron chi connectivity index (χ0n) is 10.5. The SMILES string of the molecule is C=CCCC(O)CN(CC)Cc1ccccn1. The highest BCUT2D eigenvalue weighted by Crippen LogP contribution is 2.05. The molecule has 17 heavy (non-hydrogen) atoms. The topological polar surface area (TPSA) is 36.4 Å². The second-order valence-corrected chi connectivity index (χ2v) is 4.17. The molecule has 0 aliphatic heterocycles. The highest BCUT2D eigenvalue weighted by molar-refractivity contribution is 5.03. The number of aromatic nitrogens is 1. The van der Waals surface area contributed by atoms with Crippen LogP contribution in [0.4, 0.5) is 0 Å². The van der Waals surface area contributed by atoms with Crippen molar-refractivity contribution >= 4 is 0 Å². The Morgan fingerprint density at radius 1 is 1.53 bits per heavy atom. The minimum Gasteiger partial charge on any atom is -0.392 e. The molecule has 94 valence electrons. The van der Waals surface area contributed by atoms with E-state index >= 15 is 0 Å². The predicted octanol–water partition coefficient (Wildman–Crippen LogP) is 2.23. The molecule has 0 aliphatic carbocycles. The van der Waals surface area contributed by atoms with Crippen molar-refractivity contribution in [3.8, 4) is 0 Å². The minimum absolute atomic E-state index is 0.281. The van der Waals surface area contributed by atoms with Crippen LogP contribution in [0, 0.1) is 0 Å². The fourth-order valence-electron chi connectivity index (χ4n) is 1.73. The summed E-state index contributed by atoms with van der Waals surface area (Å²) in [6.07, 6.45) is 5.01. The average Bonchev–Trinajstić information content (AvgIpc) is 2.36. The molecule has 1 N–H and O–H groups in total. The van der Waals surface area contributed by atoms with E-state index in [1.807, 2.05) is 24.3 Å². The van der Waals surface area contributed by atoms with Gasteiger partial charge in [0.15, 0.2) is 0 Å². The zero-order chi connectivity index (χ0) is 12.5. The maximum atomic E-state index is 9.85. The molecule has 1 rings (SSSR count). The van der Waals surface area contributed by atoms with Crippen LogP contribution in [-0.4, -0.2) is 34.2 Å². The van der Waals surface area contributed by atoms with E-state index in [-0.39, 0.29) is 6.10 Å². The largest absolute Gasteiger partial charge is 0.392 e. The highest BCUT2D eigenvalue weighted by atomic mass is 16.3. The normalized spacial score (nSPS) is 12.6. The van der Waals surface area contributed by atoms with Crippen LogP contribution in [0.1, 0.15) is 25.5 Å². The van der Waals surface area contributed by atoms with Gasteiger partial charge in [-0.05, 0) is 31.5 Å². The van der Waals surface area contributed by atoms with Crippen molar-refractivity contribution in [2.45, 2.75) is 32.4 Å². The van der Waals surface area contributed by atoms with Crippen LogP contribution < -0.4 is 0 Å². The van der Waals surface area contributed by atoms with Crippen LogP contribution in [0.5, 0.6) is 0 Å². The molecule has 1 atom stereocenters. The van der Waals surface area contributed by atoms with E-state index in [4.69, 9.17) is 0 Å². The molecule has 1 aromatic rings.